The van der Waals surface area contributed by atoms with Crippen molar-refractivity contribution in [3.63, 3.8) is 0 Å². The Morgan fingerprint density at radius 3 is 1.34 bits per heavy atom. The molecule has 0 aliphatic carbocycles. The van der Waals surface area contributed by atoms with Crippen LogP contribution in [0.25, 0.3) is 0 Å². The molecule has 0 radical (unpaired) electrons. The molecule has 1 aromatic rings. The monoisotopic (exact) mass is 1050 g/mol. The number of carbonyl (C=O) groups excluding carboxylic acids is 6. The standard InChI is InChI=1S/C29H46N2O10.C11H9NO4S.C5H10N2.C5H5NO.Na/c1-19(30-26(32)8-9-27(30)33)12-36-14-21(3)38-16-23(5)40-18-25(7)41-17-24(6)39-15-22(4)37-13-20(2)31-28(34)10-11-29(31)35;1-8-2-7-11(13)12(8)9-3-5-10(6-4-9)17(14,15)16;1-4-3-6-5(2)7-4;1-4-2-3-5(7)6-4;/h8-11,19-25H,12-18H2,1-7H3;2-7H,1H2,(H,14,15,16);4H,3H2,1-2H3,(H,6,7);2-3H,1H2,(H,6,7);/q;;;;+1/p-1. The summed E-state index contributed by atoms with van der Waals surface area (Å²) >= 11 is 0. The Balaban J connectivity index is 0.000000455. The topological polar surface area (TPSA) is 261 Å². The number of hydrogen-bond acceptors (Lipinski definition) is 17. The van der Waals surface area contributed by atoms with E-state index < -0.39 is 10.1 Å². The number of nitrogens with one attached hydrogen (secondary N) is 2. The van der Waals surface area contributed by atoms with Gasteiger partial charge in [-0.1, -0.05) is 13.2 Å². The minimum absolute atomic E-state index is 0. The number of amides is 6. The molecule has 73 heavy (non-hydrogen) atoms. The van der Waals surface area contributed by atoms with Gasteiger partial charge >= 0.3 is 29.6 Å². The van der Waals surface area contributed by atoms with Crippen LogP contribution in [-0.2, 0) is 67.3 Å². The van der Waals surface area contributed by atoms with Crippen molar-refractivity contribution in [2.24, 2.45) is 4.99 Å². The maximum absolute atomic E-state index is 11.7. The van der Waals surface area contributed by atoms with Gasteiger partial charge in [0.05, 0.1) is 106 Å². The van der Waals surface area contributed by atoms with Crippen LogP contribution in [0.1, 0.15) is 62.3 Å². The van der Waals surface area contributed by atoms with Crippen LogP contribution in [0.4, 0.5) is 5.69 Å². The van der Waals surface area contributed by atoms with Crippen molar-refractivity contribution in [1.82, 2.24) is 20.4 Å². The summed E-state index contributed by atoms with van der Waals surface area (Å²) in [5.41, 5.74) is 1.63. The van der Waals surface area contributed by atoms with Gasteiger partial charge in [-0.15, -0.1) is 0 Å². The molecule has 23 heteroatoms. The quantitative estimate of drug-likeness (QED) is 0.0846. The maximum atomic E-state index is 11.7. The third-order valence-electron chi connectivity index (χ3n) is 10.5. The number of anilines is 1. The van der Waals surface area contributed by atoms with Crippen LogP contribution in [0, 0.1) is 0 Å². The Morgan fingerprint density at radius 1 is 0.616 bits per heavy atom. The van der Waals surface area contributed by atoms with Gasteiger partial charge in [-0.05, 0) is 98.7 Å². The van der Waals surface area contributed by atoms with E-state index in [9.17, 15) is 41.7 Å². The molecule has 0 saturated carbocycles. The number of imide groups is 2. The second-order valence-corrected chi connectivity index (χ2v) is 18.9. The predicted octanol–water partition coefficient (Wildman–Crippen LogP) is 0.249. The van der Waals surface area contributed by atoms with Gasteiger partial charge in [0.2, 0.25) is 5.91 Å². The number of carbonyl (C=O) groups is 6. The van der Waals surface area contributed by atoms with Gasteiger partial charge in [0.25, 0.3) is 29.5 Å². The van der Waals surface area contributed by atoms with E-state index in [1.165, 1.54) is 63.3 Å². The van der Waals surface area contributed by atoms with Crippen LogP contribution in [-0.4, -0.2) is 165 Å². The van der Waals surface area contributed by atoms with Gasteiger partial charge in [-0.2, -0.15) is 0 Å². The summed E-state index contributed by atoms with van der Waals surface area (Å²) in [6.45, 7) is 27.6. The SMILES string of the molecule is C=C1C=CC(=O)N1.C=C1C=CC(=O)N1c1ccc(S(=O)(=O)[O-])cc1.CC(COCC(C)N1C(=O)C=CC1=O)OCC(C)OCC(C)OCC(C)OCC(C)OCC(C)N1C(=O)C=CC1=O.CC1=NCC(C)N1.[Na+]. The largest absolute Gasteiger partial charge is 1.00 e. The Kier molecular flexibility index (Phi) is 27.8. The molecule has 0 bridgehead atoms. The second kappa shape index (κ2) is 31.7. The van der Waals surface area contributed by atoms with Crippen molar-refractivity contribution >= 4 is 57.1 Å². The number of benzene rings is 1. The maximum Gasteiger partial charge on any atom is 1.00 e. The van der Waals surface area contributed by atoms with Crippen molar-refractivity contribution in [1.29, 1.82) is 0 Å². The molecular formula is C50H69N6NaO15S. The zero-order valence-electron chi connectivity index (χ0n) is 43.4. The van der Waals surface area contributed by atoms with E-state index in [-0.39, 0.29) is 126 Å². The molecule has 6 amide bonds. The van der Waals surface area contributed by atoms with Crippen LogP contribution >= 0.6 is 0 Å². The number of amidine groups is 1. The third kappa shape index (κ3) is 23.0. The van der Waals surface area contributed by atoms with Gasteiger partial charge < -0.3 is 43.6 Å². The fraction of sp³-hybridized carbons (Fsp3) is 0.500. The summed E-state index contributed by atoms with van der Waals surface area (Å²) in [5, 5.41) is 5.64. The van der Waals surface area contributed by atoms with Crippen LogP contribution < -0.4 is 45.1 Å². The molecule has 5 heterocycles. The number of rotatable bonds is 23. The first-order chi connectivity index (χ1) is 33.9. The zero-order chi connectivity index (χ0) is 53.7. The van der Waals surface area contributed by atoms with Crippen molar-refractivity contribution in [3.8, 4) is 0 Å². The summed E-state index contributed by atoms with van der Waals surface area (Å²) in [7, 11) is -4.46. The van der Waals surface area contributed by atoms with Crippen molar-refractivity contribution in [2.45, 2.75) is 116 Å². The molecule has 396 valence electrons. The summed E-state index contributed by atoms with van der Waals surface area (Å²) in [5.74, 6) is -0.545. The molecule has 8 atom stereocenters. The van der Waals surface area contributed by atoms with Gasteiger partial charge in [0, 0.05) is 59.6 Å². The fourth-order valence-electron chi connectivity index (χ4n) is 6.64. The third-order valence-corrected chi connectivity index (χ3v) is 11.3. The van der Waals surface area contributed by atoms with Gasteiger partial charge in [0.15, 0.2) is 0 Å². The zero-order valence-corrected chi connectivity index (χ0v) is 46.3. The number of aliphatic imine (C=N–C) groups is 1. The van der Waals surface area contributed by atoms with Crippen molar-refractivity contribution in [2.75, 3.05) is 57.7 Å². The summed E-state index contributed by atoms with van der Waals surface area (Å²) in [6.07, 6.45) is 10.2. The Bertz CT molecular complexity index is 2290. The van der Waals surface area contributed by atoms with E-state index in [2.05, 4.69) is 35.7 Å². The first-order valence-corrected chi connectivity index (χ1v) is 24.8. The molecule has 0 aromatic heterocycles. The predicted molar refractivity (Wildman–Crippen MR) is 266 cm³/mol. The van der Waals surface area contributed by atoms with E-state index >= 15 is 0 Å². The van der Waals surface area contributed by atoms with Crippen molar-refractivity contribution < 1.29 is 99.7 Å². The first kappa shape index (κ1) is 64.1. The molecule has 21 nitrogen and oxygen atoms in total. The number of allylic oxidation sites excluding steroid dienone is 2. The Labute approximate surface area is 450 Å². The molecule has 2 N–H and O–H groups in total. The molecule has 0 spiro atoms. The fourth-order valence-corrected chi connectivity index (χ4v) is 7.11. The van der Waals surface area contributed by atoms with E-state index in [1.807, 2.05) is 41.5 Å². The summed E-state index contributed by atoms with van der Waals surface area (Å²) in [6, 6.07) is 4.97. The average molecular weight is 1050 g/mol. The number of hydrogen-bond donors (Lipinski definition) is 2. The van der Waals surface area contributed by atoms with E-state index in [1.54, 1.807) is 26.0 Å². The smallest absolute Gasteiger partial charge is 0.744 e. The second-order valence-electron chi connectivity index (χ2n) is 17.5. The number of ether oxygens (including phenoxy) is 6. The Hall–Kier alpha value is -4.98. The molecule has 1 aromatic carbocycles. The molecular weight excluding hydrogens is 980 g/mol. The average Bonchev–Trinajstić information content (AvgIpc) is 4.15. The van der Waals surface area contributed by atoms with Gasteiger partial charge in [-0.25, -0.2) is 8.42 Å². The molecule has 0 saturated heterocycles. The molecule has 8 unspecified atom stereocenters. The molecule has 5 aliphatic rings. The Morgan fingerprint density at radius 2 is 1.03 bits per heavy atom. The normalized spacial score (nSPS) is 19.7. The van der Waals surface area contributed by atoms with Crippen LogP contribution in [0.5, 0.6) is 0 Å². The van der Waals surface area contributed by atoms with Gasteiger partial charge in [-0.3, -0.25) is 48.5 Å². The molecule has 0 fully saturated rings. The minimum atomic E-state index is -4.46. The van der Waals surface area contributed by atoms with Crippen LogP contribution in [0.3, 0.4) is 0 Å². The number of nitrogens with zero attached hydrogens (tertiary/aromatic N) is 4. The molecule has 5 aliphatic heterocycles. The van der Waals surface area contributed by atoms with E-state index in [0.717, 1.165) is 24.5 Å². The minimum Gasteiger partial charge on any atom is -0.744 e. The summed E-state index contributed by atoms with van der Waals surface area (Å²) in [4.78, 5) is 76.1. The first-order valence-electron chi connectivity index (χ1n) is 23.3. The molecule has 6 rings (SSSR count). The summed E-state index contributed by atoms with van der Waals surface area (Å²) < 4.78 is 66.8. The van der Waals surface area contributed by atoms with Gasteiger partial charge in [0.1, 0.15) is 10.1 Å². The van der Waals surface area contributed by atoms with Crippen molar-refractivity contribution in [3.05, 3.63) is 97.4 Å². The van der Waals surface area contributed by atoms with Crippen LogP contribution in [0.15, 0.2) is 107 Å². The van der Waals surface area contributed by atoms with E-state index in [0.29, 0.717) is 56.2 Å². The van der Waals surface area contributed by atoms with E-state index in [4.69, 9.17) is 28.4 Å². The van der Waals surface area contributed by atoms with Crippen LogP contribution in [0.2, 0.25) is 0 Å².